The summed E-state index contributed by atoms with van der Waals surface area (Å²) in [5.74, 6) is -1.31. The van der Waals surface area contributed by atoms with Crippen molar-refractivity contribution in [3.05, 3.63) is 53.7 Å². The molecule has 0 atom stereocenters. The van der Waals surface area contributed by atoms with Gasteiger partial charge in [-0.1, -0.05) is 6.07 Å². The van der Waals surface area contributed by atoms with Crippen LogP contribution in [0.15, 0.2) is 42.6 Å². The van der Waals surface area contributed by atoms with Crippen LogP contribution in [0.5, 0.6) is 5.88 Å². The lowest BCUT2D eigenvalue weighted by molar-refractivity contribution is -0.154. The third kappa shape index (κ3) is 5.76. The molecule has 2 aromatic rings. The number of halogens is 3. The molecule has 0 unspecified atom stereocenters. The molecule has 0 saturated carbocycles. The van der Waals surface area contributed by atoms with E-state index in [1.165, 1.54) is 12.1 Å². The van der Waals surface area contributed by atoms with Crippen molar-refractivity contribution in [1.29, 1.82) is 0 Å². The second-order valence-corrected chi connectivity index (χ2v) is 5.04. The molecule has 26 heavy (non-hydrogen) atoms. The van der Waals surface area contributed by atoms with E-state index in [9.17, 15) is 22.8 Å². The van der Waals surface area contributed by atoms with Gasteiger partial charge in [-0.05, 0) is 31.2 Å². The lowest BCUT2D eigenvalue weighted by Crippen LogP contribution is -2.19. The second-order valence-electron chi connectivity index (χ2n) is 5.04. The first-order valence-corrected chi connectivity index (χ1v) is 7.52. The number of nitrogens with zero attached hydrogens (tertiary/aromatic N) is 1. The van der Waals surface area contributed by atoms with Crippen LogP contribution in [0.2, 0.25) is 0 Å². The standard InChI is InChI=1S/C17H15F3N2O4/c1-2-25-16(24)11-4-3-5-13(8-11)22-15(23)12-6-7-14(21-9-12)26-10-17(18,19)20/h3-9H,2,10H2,1H3,(H,22,23). The van der Waals surface area contributed by atoms with E-state index >= 15 is 0 Å². The van der Waals surface area contributed by atoms with Gasteiger partial charge in [-0.25, -0.2) is 9.78 Å². The largest absolute Gasteiger partial charge is 0.468 e. The molecule has 0 aliphatic heterocycles. The smallest absolute Gasteiger partial charge is 0.422 e. The van der Waals surface area contributed by atoms with Gasteiger partial charge in [0.25, 0.3) is 5.91 Å². The average Bonchev–Trinajstić information content (AvgIpc) is 2.60. The summed E-state index contributed by atoms with van der Waals surface area (Å²) in [4.78, 5) is 27.5. The quantitative estimate of drug-likeness (QED) is 0.791. The first-order chi connectivity index (χ1) is 12.3. The highest BCUT2D eigenvalue weighted by Gasteiger charge is 2.28. The van der Waals surface area contributed by atoms with E-state index in [1.54, 1.807) is 25.1 Å². The molecule has 1 N–H and O–H groups in total. The Labute approximate surface area is 146 Å². The highest BCUT2D eigenvalue weighted by molar-refractivity contribution is 6.04. The normalized spacial score (nSPS) is 10.9. The van der Waals surface area contributed by atoms with Gasteiger partial charge in [0.2, 0.25) is 5.88 Å². The van der Waals surface area contributed by atoms with Crippen molar-refractivity contribution in [2.45, 2.75) is 13.1 Å². The molecule has 9 heteroatoms. The first kappa shape index (κ1) is 19.2. The number of amides is 1. The molecule has 138 valence electrons. The van der Waals surface area contributed by atoms with Crippen molar-refractivity contribution in [1.82, 2.24) is 4.98 Å². The number of anilines is 1. The molecule has 0 saturated heterocycles. The van der Waals surface area contributed by atoms with E-state index < -0.39 is 24.7 Å². The molecule has 0 aliphatic carbocycles. The van der Waals surface area contributed by atoms with Crippen LogP contribution in [0.25, 0.3) is 0 Å². The maximum atomic E-state index is 12.2. The van der Waals surface area contributed by atoms with E-state index in [-0.39, 0.29) is 23.6 Å². The molecule has 0 bridgehead atoms. The number of alkyl halides is 3. The van der Waals surface area contributed by atoms with E-state index in [0.717, 1.165) is 12.3 Å². The number of rotatable bonds is 6. The van der Waals surface area contributed by atoms with E-state index in [0.29, 0.717) is 5.69 Å². The molecule has 0 fully saturated rings. The molecule has 1 aromatic carbocycles. The van der Waals surface area contributed by atoms with E-state index in [2.05, 4.69) is 15.0 Å². The SMILES string of the molecule is CCOC(=O)c1cccc(NC(=O)c2ccc(OCC(F)(F)F)nc2)c1. The minimum Gasteiger partial charge on any atom is -0.468 e. The van der Waals surface area contributed by atoms with Gasteiger partial charge in [0, 0.05) is 18.0 Å². The summed E-state index contributed by atoms with van der Waals surface area (Å²) in [6.45, 7) is 0.439. The number of hydrogen-bond acceptors (Lipinski definition) is 5. The number of benzene rings is 1. The molecule has 1 aromatic heterocycles. The predicted molar refractivity (Wildman–Crippen MR) is 86.1 cm³/mol. The molecular weight excluding hydrogens is 353 g/mol. The summed E-state index contributed by atoms with van der Waals surface area (Å²) in [7, 11) is 0. The zero-order chi connectivity index (χ0) is 19.2. The number of aromatic nitrogens is 1. The predicted octanol–water partition coefficient (Wildman–Crippen LogP) is 3.45. The number of ether oxygens (including phenoxy) is 2. The molecule has 0 aliphatic rings. The maximum Gasteiger partial charge on any atom is 0.422 e. The Balaban J connectivity index is 2.01. The van der Waals surface area contributed by atoms with Gasteiger partial charge in [0.05, 0.1) is 17.7 Å². The summed E-state index contributed by atoms with van der Waals surface area (Å²) in [6, 6.07) is 8.59. The van der Waals surface area contributed by atoms with Gasteiger partial charge >= 0.3 is 12.1 Å². The number of carbonyl (C=O) groups is 2. The lowest BCUT2D eigenvalue weighted by Gasteiger charge is -2.09. The lowest BCUT2D eigenvalue weighted by atomic mass is 10.2. The Morgan fingerprint density at radius 1 is 1.15 bits per heavy atom. The molecular formula is C17H15F3N2O4. The maximum absolute atomic E-state index is 12.2. The third-order valence-corrected chi connectivity index (χ3v) is 3.01. The summed E-state index contributed by atoms with van der Waals surface area (Å²) in [5, 5.41) is 2.56. The van der Waals surface area contributed by atoms with E-state index in [1.807, 2.05) is 0 Å². The Bertz CT molecular complexity index is 776. The van der Waals surface area contributed by atoms with Gasteiger partial charge in [-0.15, -0.1) is 0 Å². The van der Waals surface area contributed by atoms with Crippen LogP contribution in [0.1, 0.15) is 27.6 Å². The Hall–Kier alpha value is -3.10. The fourth-order valence-corrected chi connectivity index (χ4v) is 1.90. The zero-order valence-corrected chi connectivity index (χ0v) is 13.7. The third-order valence-electron chi connectivity index (χ3n) is 3.01. The van der Waals surface area contributed by atoms with Gasteiger partial charge in [-0.3, -0.25) is 4.79 Å². The molecule has 1 heterocycles. The van der Waals surface area contributed by atoms with Crippen molar-refractivity contribution in [3.8, 4) is 5.88 Å². The topological polar surface area (TPSA) is 77.5 Å². The van der Waals surface area contributed by atoms with Crippen LogP contribution in [0, 0.1) is 0 Å². The van der Waals surface area contributed by atoms with Crippen molar-refractivity contribution >= 4 is 17.6 Å². The van der Waals surface area contributed by atoms with E-state index in [4.69, 9.17) is 4.74 Å². The van der Waals surface area contributed by atoms with Crippen molar-refractivity contribution in [2.24, 2.45) is 0 Å². The Morgan fingerprint density at radius 2 is 1.92 bits per heavy atom. The summed E-state index contributed by atoms with van der Waals surface area (Å²) >= 11 is 0. The number of carbonyl (C=O) groups excluding carboxylic acids is 2. The van der Waals surface area contributed by atoms with Crippen molar-refractivity contribution in [2.75, 3.05) is 18.5 Å². The fraction of sp³-hybridized carbons (Fsp3) is 0.235. The zero-order valence-electron chi connectivity index (χ0n) is 13.7. The number of nitrogens with one attached hydrogen (secondary N) is 1. The molecule has 0 spiro atoms. The first-order valence-electron chi connectivity index (χ1n) is 7.52. The Morgan fingerprint density at radius 3 is 2.54 bits per heavy atom. The minimum absolute atomic E-state index is 0.117. The fourth-order valence-electron chi connectivity index (χ4n) is 1.90. The van der Waals surface area contributed by atoms with Crippen LogP contribution in [0.4, 0.5) is 18.9 Å². The van der Waals surface area contributed by atoms with Crippen LogP contribution in [0.3, 0.4) is 0 Å². The van der Waals surface area contributed by atoms with Crippen molar-refractivity contribution in [3.63, 3.8) is 0 Å². The molecule has 6 nitrogen and oxygen atoms in total. The van der Waals surface area contributed by atoms with Crippen molar-refractivity contribution < 1.29 is 32.2 Å². The second kappa shape index (κ2) is 8.32. The molecule has 0 radical (unpaired) electrons. The Kier molecular flexibility index (Phi) is 6.16. The van der Waals surface area contributed by atoms with Crippen LogP contribution in [-0.4, -0.2) is 36.3 Å². The van der Waals surface area contributed by atoms with Crippen LogP contribution < -0.4 is 10.1 Å². The van der Waals surface area contributed by atoms with Gasteiger partial charge in [0.1, 0.15) is 0 Å². The van der Waals surface area contributed by atoms with Crippen LogP contribution in [-0.2, 0) is 4.74 Å². The summed E-state index contributed by atoms with van der Waals surface area (Å²) in [5.41, 5.74) is 0.752. The number of pyridine rings is 1. The average molecular weight is 368 g/mol. The van der Waals surface area contributed by atoms with Gasteiger partial charge in [-0.2, -0.15) is 13.2 Å². The minimum atomic E-state index is -4.47. The molecule has 2 rings (SSSR count). The highest BCUT2D eigenvalue weighted by atomic mass is 19.4. The van der Waals surface area contributed by atoms with Gasteiger partial charge < -0.3 is 14.8 Å². The summed E-state index contributed by atoms with van der Waals surface area (Å²) < 4.78 is 45.6. The number of esters is 1. The monoisotopic (exact) mass is 368 g/mol. The van der Waals surface area contributed by atoms with Crippen LogP contribution >= 0.6 is 0 Å². The number of hydrogen-bond donors (Lipinski definition) is 1. The van der Waals surface area contributed by atoms with Gasteiger partial charge in [0.15, 0.2) is 6.61 Å². The molecule has 1 amide bonds. The summed E-state index contributed by atoms with van der Waals surface area (Å²) in [6.07, 6.45) is -3.38. The highest BCUT2D eigenvalue weighted by Crippen LogP contribution is 2.18.